The average molecular weight is 1160 g/mol. The van der Waals surface area contributed by atoms with E-state index in [4.69, 9.17) is 18.9 Å². The molecule has 0 heterocycles. The minimum atomic E-state index is -1.53. The monoisotopic (exact) mass is 1160 g/mol. The second kappa shape index (κ2) is 63.7. The lowest BCUT2D eigenvalue weighted by Gasteiger charge is -2.25. The number of esters is 2. The number of likely N-dealkylation sites (N-methyl/N-ethyl adjacent to an activating group) is 1. The molecule has 9 nitrogen and oxygen atoms in total. The zero-order valence-electron chi connectivity index (χ0n) is 54.1. The molecule has 2 atom stereocenters. The fourth-order valence-electron chi connectivity index (χ4n) is 9.14. The van der Waals surface area contributed by atoms with Crippen LogP contribution in [0.3, 0.4) is 0 Å². The van der Waals surface area contributed by atoms with Crippen molar-refractivity contribution in [3.05, 3.63) is 122 Å². The zero-order chi connectivity index (χ0) is 60.5. The van der Waals surface area contributed by atoms with Gasteiger partial charge in [-0.3, -0.25) is 9.59 Å². The number of rotatable bonds is 61. The van der Waals surface area contributed by atoms with Crippen molar-refractivity contribution >= 4 is 17.9 Å². The van der Waals surface area contributed by atoms with Crippen molar-refractivity contribution in [1.29, 1.82) is 0 Å². The van der Waals surface area contributed by atoms with Crippen molar-refractivity contribution in [3.63, 3.8) is 0 Å². The maximum atomic E-state index is 12.9. The molecule has 0 bridgehead atoms. The van der Waals surface area contributed by atoms with Crippen LogP contribution in [0.25, 0.3) is 0 Å². The maximum absolute atomic E-state index is 12.9. The van der Waals surface area contributed by atoms with E-state index in [0.29, 0.717) is 23.9 Å². The topological polar surface area (TPSA) is 108 Å². The Morgan fingerprint density at radius 3 is 1.00 bits per heavy atom. The molecule has 9 heteroatoms. The minimum absolute atomic E-state index is 0.175. The molecule has 0 saturated carbocycles. The Balaban J connectivity index is 4.01. The van der Waals surface area contributed by atoms with Crippen molar-refractivity contribution in [1.82, 2.24) is 0 Å². The first-order valence-corrected chi connectivity index (χ1v) is 33.7. The lowest BCUT2D eigenvalue weighted by atomic mass is 10.0. The number of carbonyl (C=O) groups excluding carboxylic acids is 2. The second-order valence-corrected chi connectivity index (χ2v) is 23.4. The predicted octanol–water partition coefficient (Wildman–Crippen LogP) is 20.8. The summed E-state index contributed by atoms with van der Waals surface area (Å²) in [4.78, 5) is 37.5. The molecule has 0 aromatic rings. The number of allylic oxidation sites excluding steroid dienone is 20. The van der Waals surface area contributed by atoms with Gasteiger partial charge in [0.05, 0.1) is 34.4 Å². The van der Waals surface area contributed by atoms with Crippen LogP contribution in [0.4, 0.5) is 0 Å². The van der Waals surface area contributed by atoms with Crippen LogP contribution in [0.1, 0.15) is 271 Å². The summed E-state index contributed by atoms with van der Waals surface area (Å²) in [5, 5.41) is 9.72. The summed E-state index contributed by atoms with van der Waals surface area (Å²) in [6.07, 6.45) is 87.7. The zero-order valence-corrected chi connectivity index (χ0v) is 54.1. The van der Waals surface area contributed by atoms with Crippen molar-refractivity contribution in [2.24, 2.45) is 0 Å². The smallest absolute Gasteiger partial charge is 0.361 e. The highest BCUT2D eigenvalue weighted by molar-refractivity contribution is 5.71. The van der Waals surface area contributed by atoms with E-state index in [9.17, 15) is 19.5 Å². The third-order valence-electron chi connectivity index (χ3n) is 14.2. The van der Waals surface area contributed by atoms with Crippen LogP contribution in [0.5, 0.6) is 0 Å². The highest BCUT2D eigenvalue weighted by Gasteiger charge is 2.25. The van der Waals surface area contributed by atoms with Crippen LogP contribution in [-0.2, 0) is 33.3 Å². The van der Waals surface area contributed by atoms with Gasteiger partial charge in [0.1, 0.15) is 13.2 Å². The van der Waals surface area contributed by atoms with Crippen molar-refractivity contribution < 1.29 is 42.9 Å². The molecule has 474 valence electrons. The number of quaternary nitrogens is 1. The summed E-state index contributed by atoms with van der Waals surface area (Å²) in [6, 6.07) is 0. The SMILES string of the molecule is CC/C=C\C/C=C\C/C=C\C/C=C\C/C=C\CCCCCCCCCCCCCCCCCCCCCCCCCCCC(=O)OC(COC(=O)CCC/C=C\C/C=C\C/C=C\C/C=C\C/C=C\CC)COC(OCC[N+](C)(C)C)C(=O)O. The van der Waals surface area contributed by atoms with Gasteiger partial charge in [0.15, 0.2) is 6.10 Å². The van der Waals surface area contributed by atoms with Gasteiger partial charge in [-0.1, -0.05) is 283 Å². The molecule has 0 amide bonds. The van der Waals surface area contributed by atoms with Crippen LogP contribution in [0.2, 0.25) is 0 Å². The predicted molar refractivity (Wildman–Crippen MR) is 354 cm³/mol. The van der Waals surface area contributed by atoms with Gasteiger partial charge in [-0.2, -0.15) is 0 Å². The summed E-state index contributed by atoms with van der Waals surface area (Å²) in [5.74, 6) is -2.08. The van der Waals surface area contributed by atoms with E-state index < -0.39 is 30.3 Å². The van der Waals surface area contributed by atoms with Crippen LogP contribution in [-0.4, -0.2) is 87.4 Å². The Morgan fingerprint density at radius 2 is 0.663 bits per heavy atom. The van der Waals surface area contributed by atoms with Crippen LogP contribution < -0.4 is 0 Å². The number of hydrogen-bond acceptors (Lipinski definition) is 7. The van der Waals surface area contributed by atoms with E-state index in [1.165, 1.54) is 148 Å². The molecular weight excluding hydrogens is 1030 g/mol. The van der Waals surface area contributed by atoms with Gasteiger partial charge in [0.2, 0.25) is 0 Å². The van der Waals surface area contributed by atoms with Crippen LogP contribution >= 0.6 is 0 Å². The molecule has 0 radical (unpaired) electrons. The Morgan fingerprint density at radius 1 is 0.361 bits per heavy atom. The van der Waals surface area contributed by atoms with Gasteiger partial charge in [0, 0.05) is 12.8 Å². The molecule has 0 fully saturated rings. The maximum Gasteiger partial charge on any atom is 0.361 e. The fraction of sp³-hybridized carbons (Fsp3) is 0.689. The Hall–Kier alpha value is -4.31. The van der Waals surface area contributed by atoms with Crippen molar-refractivity contribution in [2.75, 3.05) is 47.5 Å². The van der Waals surface area contributed by atoms with E-state index in [0.717, 1.165) is 83.5 Å². The van der Waals surface area contributed by atoms with Gasteiger partial charge in [-0.25, -0.2) is 4.79 Å². The Kier molecular flexibility index (Phi) is 60.4. The van der Waals surface area contributed by atoms with Crippen LogP contribution in [0.15, 0.2) is 122 Å². The number of unbranched alkanes of at least 4 members (excludes halogenated alkanes) is 26. The third-order valence-corrected chi connectivity index (χ3v) is 14.2. The molecule has 0 aromatic heterocycles. The number of aliphatic carboxylic acids is 1. The first kappa shape index (κ1) is 78.7. The lowest BCUT2D eigenvalue weighted by Crippen LogP contribution is -2.40. The molecule has 1 N–H and O–H groups in total. The summed E-state index contributed by atoms with van der Waals surface area (Å²) in [6.45, 7) is 4.59. The summed E-state index contributed by atoms with van der Waals surface area (Å²) >= 11 is 0. The standard InChI is InChI=1S/C74H125NO8/c1-6-8-10-12-14-16-18-20-22-24-25-26-27-28-29-30-31-32-33-34-35-36-37-38-39-40-41-42-43-44-45-46-47-49-51-53-55-57-59-61-63-65-72(77)83-70(69-82-74(73(78)79)80-67-66-75(3,4)5)68-81-71(76)64-62-60-58-56-54-52-50-48-23-21-19-17-15-13-11-9-7-2/h8-11,14-17,20-23,25-26,28-29,50,52,56,58,70,74H,6-7,12-13,18-19,24,27,30-49,51,53-55,57,59-69H2,1-5H3/p+1/b10-8-,11-9-,16-14-,17-15-,22-20-,23-21-,26-25-,29-28-,52-50-,58-56-. The van der Waals surface area contributed by atoms with E-state index in [2.05, 4.69) is 135 Å². The number of ether oxygens (including phenoxy) is 4. The number of carboxylic acid groups (broad SMARTS) is 1. The molecule has 0 saturated heterocycles. The largest absolute Gasteiger partial charge is 0.477 e. The van der Waals surface area contributed by atoms with Gasteiger partial charge in [-0.05, 0) is 96.3 Å². The number of carboxylic acids is 1. The lowest BCUT2D eigenvalue weighted by molar-refractivity contribution is -0.870. The number of hydrogen-bond donors (Lipinski definition) is 1. The summed E-state index contributed by atoms with van der Waals surface area (Å²) in [5.41, 5.74) is 0. The normalized spacial score (nSPS) is 13.5. The average Bonchev–Trinajstić information content (AvgIpc) is 3.46. The minimum Gasteiger partial charge on any atom is -0.477 e. The first-order chi connectivity index (χ1) is 40.6. The quantitative estimate of drug-likeness (QED) is 0.0211. The van der Waals surface area contributed by atoms with Crippen molar-refractivity contribution in [2.45, 2.75) is 283 Å². The second-order valence-electron chi connectivity index (χ2n) is 23.4. The highest BCUT2D eigenvalue weighted by Crippen LogP contribution is 2.17. The Labute approximate surface area is 510 Å². The molecule has 0 aliphatic carbocycles. The Bertz CT molecular complexity index is 1780. The number of carbonyl (C=O) groups is 3. The van der Waals surface area contributed by atoms with E-state index in [1.807, 2.05) is 21.1 Å². The van der Waals surface area contributed by atoms with E-state index in [1.54, 1.807) is 0 Å². The molecule has 2 unspecified atom stereocenters. The highest BCUT2D eigenvalue weighted by atomic mass is 16.7. The first-order valence-electron chi connectivity index (χ1n) is 33.7. The van der Waals surface area contributed by atoms with Gasteiger partial charge in [-0.15, -0.1) is 0 Å². The molecule has 0 aliphatic rings. The van der Waals surface area contributed by atoms with Crippen molar-refractivity contribution in [3.8, 4) is 0 Å². The fourth-order valence-corrected chi connectivity index (χ4v) is 9.14. The van der Waals surface area contributed by atoms with Gasteiger partial charge < -0.3 is 28.5 Å². The molecule has 0 rings (SSSR count). The summed E-state index contributed by atoms with van der Waals surface area (Å²) in [7, 11) is 5.95. The molecule has 0 spiro atoms. The summed E-state index contributed by atoms with van der Waals surface area (Å²) < 4.78 is 22.8. The molecule has 0 aromatic carbocycles. The molecule has 0 aliphatic heterocycles. The third kappa shape index (κ3) is 65.1. The van der Waals surface area contributed by atoms with E-state index >= 15 is 0 Å². The van der Waals surface area contributed by atoms with Gasteiger partial charge in [0.25, 0.3) is 6.29 Å². The molecular formula is C74H126NO8+. The van der Waals surface area contributed by atoms with E-state index in [-0.39, 0.29) is 32.7 Å². The van der Waals surface area contributed by atoms with Crippen LogP contribution in [0, 0.1) is 0 Å². The molecule has 83 heavy (non-hydrogen) atoms. The van der Waals surface area contributed by atoms with Gasteiger partial charge >= 0.3 is 17.9 Å². The number of nitrogens with zero attached hydrogens (tertiary/aromatic N) is 1.